The highest BCUT2D eigenvalue weighted by Gasteiger charge is 2.44. The lowest BCUT2D eigenvalue weighted by Crippen LogP contribution is -2.47. The molecule has 51 heavy (non-hydrogen) atoms. The van der Waals surface area contributed by atoms with Crippen molar-refractivity contribution in [3.63, 3.8) is 0 Å². The minimum Gasteiger partial charge on any atom is -0.381 e. The Morgan fingerprint density at radius 3 is 1.47 bits per heavy atom. The fourth-order valence-electron chi connectivity index (χ4n) is 5.46. The monoisotopic (exact) mass is 790 g/mol. The number of sulfone groups is 2. The predicted octanol–water partition coefficient (Wildman–Crippen LogP) is 6.31. The smallest absolute Gasteiger partial charge is 0.247 e. The zero-order chi connectivity index (χ0) is 38.6. The van der Waals surface area contributed by atoms with E-state index >= 15 is 0 Å². The van der Waals surface area contributed by atoms with Gasteiger partial charge in [-0.05, 0) is 77.6 Å². The number of ether oxygens (including phenoxy) is 2. The average Bonchev–Trinajstić information content (AvgIpc) is 3.64. The van der Waals surface area contributed by atoms with Gasteiger partial charge in [0.1, 0.15) is 9.49 Å². The van der Waals surface area contributed by atoms with Crippen molar-refractivity contribution in [3.8, 4) is 0 Å². The van der Waals surface area contributed by atoms with Crippen LogP contribution < -0.4 is 10.6 Å². The minimum absolute atomic E-state index is 0.0148. The third-order valence-corrected chi connectivity index (χ3v) is 17.0. The summed E-state index contributed by atoms with van der Waals surface area (Å²) in [6, 6.07) is 0. The molecule has 290 valence electrons. The van der Waals surface area contributed by atoms with Gasteiger partial charge < -0.3 is 20.1 Å². The van der Waals surface area contributed by atoms with Crippen molar-refractivity contribution in [2.75, 3.05) is 48.6 Å². The highest BCUT2D eigenvalue weighted by atomic mass is 32.2. The van der Waals surface area contributed by atoms with Crippen LogP contribution >= 0.6 is 22.7 Å². The van der Waals surface area contributed by atoms with Crippen molar-refractivity contribution in [2.24, 2.45) is 11.8 Å². The van der Waals surface area contributed by atoms with E-state index in [1.54, 1.807) is 0 Å². The van der Waals surface area contributed by atoms with Crippen LogP contribution in [0.4, 0.5) is 10.3 Å². The SMILES string of the molecule is CC(C)(C)c1csc(NC(=O)C(C)(C)S(=O)(=O)CC2CCOCC2)n1.Cc1nc(NC(=O)C(C)(C)S(=O)(=O)CC2CCOCC2)sc1C(C)(C)C. The number of amides is 2. The molecule has 2 aromatic heterocycles. The Kier molecular flexibility index (Phi) is 14.1. The molecule has 16 heteroatoms. The molecular formula is C35H58N4O8S4. The molecule has 0 atom stereocenters. The van der Waals surface area contributed by atoms with Crippen LogP contribution in [-0.4, -0.2) is 86.0 Å². The molecule has 0 bridgehead atoms. The highest BCUT2D eigenvalue weighted by Crippen LogP contribution is 2.35. The average molecular weight is 791 g/mol. The molecule has 4 heterocycles. The lowest BCUT2D eigenvalue weighted by molar-refractivity contribution is -0.118. The molecule has 2 amide bonds. The van der Waals surface area contributed by atoms with Crippen LogP contribution in [0.3, 0.4) is 0 Å². The summed E-state index contributed by atoms with van der Waals surface area (Å²) >= 11 is 2.72. The molecule has 2 aliphatic heterocycles. The fraction of sp³-hybridized carbons (Fsp3) is 0.771. The summed E-state index contributed by atoms with van der Waals surface area (Å²) in [6.45, 7) is 22.5. The third kappa shape index (κ3) is 11.3. The Bertz CT molecular complexity index is 1720. The van der Waals surface area contributed by atoms with E-state index in [2.05, 4.69) is 41.4 Å². The molecule has 2 aliphatic rings. The second-order valence-electron chi connectivity index (χ2n) is 16.6. The second kappa shape index (κ2) is 16.6. The van der Waals surface area contributed by atoms with Crippen LogP contribution in [0.5, 0.6) is 0 Å². The van der Waals surface area contributed by atoms with Crippen LogP contribution in [0.25, 0.3) is 0 Å². The number of anilines is 2. The van der Waals surface area contributed by atoms with E-state index in [1.807, 2.05) is 33.1 Å². The number of nitrogens with zero attached hydrogens (tertiary/aromatic N) is 2. The van der Waals surface area contributed by atoms with Gasteiger partial charge >= 0.3 is 0 Å². The number of hydrogen-bond acceptors (Lipinski definition) is 12. The van der Waals surface area contributed by atoms with Crippen LogP contribution in [0.1, 0.15) is 111 Å². The molecule has 0 unspecified atom stereocenters. The maximum Gasteiger partial charge on any atom is 0.247 e. The van der Waals surface area contributed by atoms with Gasteiger partial charge in [0.2, 0.25) is 11.8 Å². The molecule has 2 fully saturated rings. The quantitative estimate of drug-likeness (QED) is 0.278. The molecule has 0 radical (unpaired) electrons. The standard InChI is InChI=1S/C18H30N2O4S2.C17H28N2O4S2/c1-12-14(17(2,3)4)25-16(19-12)20-15(21)18(5,6)26(22,23)11-13-7-9-24-10-8-13;1-16(2,3)13-10-24-15(18-13)19-14(20)17(4,5)25(21,22)11-12-6-8-23-9-7-12/h13H,7-11H2,1-6H3,(H,19,20,21);10,12H,6-9,11H2,1-5H3,(H,18,19,20). The number of carbonyl (C=O) groups excluding carboxylic acids is 2. The number of rotatable bonds is 10. The summed E-state index contributed by atoms with van der Waals surface area (Å²) in [5, 5.41) is 8.18. The van der Waals surface area contributed by atoms with Gasteiger partial charge in [-0.2, -0.15) is 0 Å². The van der Waals surface area contributed by atoms with Gasteiger partial charge in [0.05, 0.1) is 22.9 Å². The molecule has 0 saturated carbocycles. The summed E-state index contributed by atoms with van der Waals surface area (Å²) in [7, 11) is -7.19. The van der Waals surface area contributed by atoms with Crippen LogP contribution in [-0.2, 0) is 49.6 Å². The predicted molar refractivity (Wildman–Crippen MR) is 206 cm³/mol. The van der Waals surface area contributed by atoms with E-state index in [4.69, 9.17) is 9.47 Å². The largest absolute Gasteiger partial charge is 0.381 e. The Balaban J connectivity index is 0.000000276. The van der Waals surface area contributed by atoms with Gasteiger partial charge in [-0.15, -0.1) is 22.7 Å². The lowest BCUT2D eigenvalue weighted by atomic mass is 9.93. The van der Waals surface area contributed by atoms with Crippen molar-refractivity contribution in [1.82, 2.24) is 9.97 Å². The zero-order valence-electron chi connectivity index (χ0n) is 32.1. The summed E-state index contributed by atoms with van der Waals surface area (Å²) < 4.78 is 58.9. The minimum atomic E-state index is -3.60. The van der Waals surface area contributed by atoms with Gasteiger partial charge in [-0.3, -0.25) is 9.59 Å². The van der Waals surface area contributed by atoms with Gasteiger partial charge in [0, 0.05) is 42.1 Å². The van der Waals surface area contributed by atoms with Crippen molar-refractivity contribution < 1.29 is 35.9 Å². The first-order chi connectivity index (χ1) is 23.3. The first kappa shape index (κ1) is 43.4. The van der Waals surface area contributed by atoms with Crippen molar-refractivity contribution in [2.45, 2.75) is 122 Å². The van der Waals surface area contributed by atoms with Crippen LogP contribution in [0.2, 0.25) is 0 Å². The maximum atomic E-state index is 12.9. The number of aromatic nitrogens is 2. The molecule has 2 N–H and O–H groups in total. The summed E-state index contributed by atoms with van der Waals surface area (Å²) in [5.74, 6) is -0.926. The van der Waals surface area contributed by atoms with Gasteiger partial charge in [-0.1, -0.05) is 41.5 Å². The molecule has 4 rings (SSSR count). The summed E-state index contributed by atoms with van der Waals surface area (Å²) in [6.07, 6.45) is 2.88. The number of hydrogen-bond donors (Lipinski definition) is 2. The normalized spacial score (nSPS) is 17.4. The Labute approximate surface area is 313 Å². The van der Waals surface area contributed by atoms with Crippen LogP contribution in [0, 0.1) is 18.8 Å². The van der Waals surface area contributed by atoms with Gasteiger partial charge in [-0.25, -0.2) is 26.8 Å². The molecule has 2 saturated heterocycles. The van der Waals surface area contributed by atoms with E-state index in [1.165, 1.54) is 50.4 Å². The summed E-state index contributed by atoms with van der Waals surface area (Å²) in [4.78, 5) is 35.3. The number of carbonyl (C=O) groups is 2. The van der Waals surface area contributed by atoms with E-state index in [0.717, 1.165) is 41.9 Å². The van der Waals surface area contributed by atoms with Crippen LogP contribution in [0.15, 0.2) is 5.38 Å². The molecule has 0 aromatic carbocycles. The fourth-order valence-corrected chi connectivity index (χ4v) is 10.8. The van der Waals surface area contributed by atoms with E-state index in [-0.39, 0.29) is 34.2 Å². The molecule has 2 aromatic rings. The molecular weight excluding hydrogens is 733 g/mol. The third-order valence-electron chi connectivity index (χ3n) is 9.43. The Morgan fingerprint density at radius 2 is 1.12 bits per heavy atom. The first-order valence-electron chi connectivity index (χ1n) is 17.4. The van der Waals surface area contributed by atoms with Gasteiger partial charge in [0.15, 0.2) is 29.9 Å². The van der Waals surface area contributed by atoms with Gasteiger partial charge in [0.25, 0.3) is 0 Å². The number of nitrogens with one attached hydrogen (secondary N) is 2. The number of aryl methyl sites for hydroxylation is 1. The zero-order valence-corrected chi connectivity index (χ0v) is 35.4. The summed E-state index contributed by atoms with van der Waals surface area (Å²) in [5.41, 5.74) is 1.54. The first-order valence-corrected chi connectivity index (χ1v) is 22.4. The van der Waals surface area contributed by atoms with E-state index in [0.29, 0.717) is 36.7 Å². The van der Waals surface area contributed by atoms with Crippen molar-refractivity contribution >= 4 is 64.4 Å². The molecule has 0 spiro atoms. The Hall–Kier alpha value is -1.98. The Morgan fingerprint density at radius 1 is 0.706 bits per heavy atom. The lowest BCUT2D eigenvalue weighted by Gasteiger charge is -2.28. The molecule has 12 nitrogen and oxygen atoms in total. The second-order valence-corrected chi connectivity index (χ2v) is 23.6. The number of thiazole rings is 2. The van der Waals surface area contributed by atoms with E-state index < -0.39 is 41.0 Å². The topological polar surface area (TPSA) is 171 Å². The molecule has 0 aliphatic carbocycles. The maximum absolute atomic E-state index is 12.9. The highest BCUT2D eigenvalue weighted by molar-refractivity contribution is 7.93. The van der Waals surface area contributed by atoms with E-state index in [9.17, 15) is 26.4 Å². The van der Waals surface area contributed by atoms with Crippen molar-refractivity contribution in [1.29, 1.82) is 0 Å². The van der Waals surface area contributed by atoms with Crippen molar-refractivity contribution in [3.05, 3.63) is 21.6 Å².